The molecule has 1 spiro atoms. The van der Waals surface area contributed by atoms with Gasteiger partial charge in [0.05, 0.1) is 5.54 Å². The van der Waals surface area contributed by atoms with Crippen molar-refractivity contribution in [3.05, 3.63) is 35.9 Å². The van der Waals surface area contributed by atoms with Crippen LogP contribution in [0.5, 0.6) is 0 Å². The minimum Gasteiger partial charge on any atom is -0.343 e. The lowest BCUT2D eigenvalue weighted by atomic mass is 9.69. The van der Waals surface area contributed by atoms with Crippen LogP contribution < -0.4 is 5.32 Å². The van der Waals surface area contributed by atoms with Crippen molar-refractivity contribution in [3.8, 4) is 0 Å². The Labute approximate surface area is 174 Å². The number of nitrogens with zero attached hydrogens (tertiary/aromatic N) is 3. The van der Waals surface area contributed by atoms with E-state index in [2.05, 4.69) is 59.5 Å². The molecule has 1 aromatic carbocycles. The van der Waals surface area contributed by atoms with Crippen molar-refractivity contribution in [1.82, 2.24) is 20.0 Å². The second kappa shape index (κ2) is 7.63. The fraction of sp³-hybridized carbons (Fsp3) is 0.652. The molecule has 0 unspecified atom stereocenters. The first-order valence-corrected chi connectivity index (χ1v) is 10.9. The van der Waals surface area contributed by atoms with Crippen LogP contribution >= 0.6 is 0 Å². The zero-order valence-corrected chi connectivity index (χ0v) is 18.0. The highest BCUT2D eigenvalue weighted by atomic mass is 16.2. The SMILES string of the molecule is CC(=O)N1CCC(N2CC3(CCC(c4ccccc4)(N(C)C)CC3)NC2=O)CC1. The summed E-state index contributed by atoms with van der Waals surface area (Å²) in [5.41, 5.74) is 1.30. The highest BCUT2D eigenvalue weighted by molar-refractivity contribution is 5.78. The monoisotopic (exact) mass is 398 g/mol. The molecular weight excluding hydrogens is 364 g/mol. The van der Waals surface area contributed by atoms with Crippen LogP contribution in [0, 0.1) is 0 Å². The van der Waals surface area contributed by atoms with Gasteiger partial charge in [0.25, 0.3) is 0 Å². The molecule has 2 saturated heterocycles. The van der Waals surface area contributed by atoms with E-state index in [4.69, 9.17) is 0 Å². The molecule has 1 aliphatic carbocycles. The topological polar surface area (TPSA) is 55.9 Å². The van der Waals surface area contributed by atoms with E-state index in [1.807, 2.05) is 4.90 Å². The van der Waals surface area contributed by atoms with Crippen molar-refractivity contribution < 1.29 is 9.59 Å². The van der Waals surface area contributed by atoms with E-state index in [9.17, 15) is 9.59 Å². The van der Waals surface area contributed by atoms with Crippen molar-refractivity contribution >= 4 is 11.9 Å². The maximum Gasteiger partial charge on any atom is 0.318 e. The van der Waals surface area contributed by atoms with Crippen molar-refractivity contribution in [2.24, 2.45) is 0 Å². The first-order valence-electron chi connectivity index (χ1n) is 10.9. The Morgan fingerprint density at radius 2 is 1.69 bits per heavy atom. The van der Waals surface area contributed by atoms with E-state index in [1.54, 1.807) is 6.92 Å². The minimum atomic E-state index is -0.108. The second-order valence-corrected chi connectivity index (χ2v) is 9.37. The van der Waals surface area contributed by atoms with Gasteiger partial charge in [0.2, 0.25) is 5.91 Å². The summed E-state index contributed by atoms with van der Waals surface area (Å²) in [5, 5.41) is 3.37. The molecule has 29 heavy (non-hydrogen) atoms. The summed E-state index contributed by atoms with van der Waals surface area (Å²) in [6, 6.07) is 11.1. The Kier molecular flexibility index (Phi) is 5.32. The number of piperidine rings is 1. The summed E-state index contributed by atoms with van der Waals surface area (Å²) >= 11 is 0. The molecule has 1 saturated carbocycles. The zero-order chi connectivity index (χ0) is 20.6. The molecular formula is C23H34N4O2. The van der Waals surface area contributed by atoms with Crippen LogP contribution in [0.1, 0.15) is 51.0 Å². The molecule has 158 valence electrons. The van der Waals surface area contributed by atoms with E-state index in [1.165, 1.54) is 5.56 Å². The fourth-order valence-corrected chi connectivity index (χ4v) is 5.69. The third kappa shape index (κ3) is 3.63. The van der Waals surface area contributed by atoms with E-state index in [0.717, 1.165) is 58.2 Å². The van der Waals surface area contributed by atoms with Crippen molar-refractivity contribution in [2.75, 3.05) is 33.7 Å². The first kappa shape index (κ1) is 20.2. The predicted octanol–water partition coefficient (Wildman–Crippen LogP) is 2.79. The number of urea groups is 1. The highest BCUT2D eigenvalue weighted by Crippen LogP contribution is 2.46. The molecule has 3 fully saturated rings. The Bertz CT molecular complexity index is 747. The van der Waals surface area contributed by atoms with Crippen LogP contribution in [0.2, 0.25) is 0 Å². The van der Waals surface area contributed by atoms with Crippen LogP contribution in [0.25, 0.3) is 0 Å². The maximum absolute atomic E-state index is 12.9. The van der Waals surface area contributed by atoms with Gasteiger partial charge in [0.15, 0.2) is 0 Å². The number of nitrogens with one attached hydrogen (secondary N) is 1. The number of hydrogen-bond acceptors (Lipinski definition) is 3. The molecule has 4 rings (SSSR count). The van der Waals surface area contributed by atoms with Gasteiger partial charge in [-0.3, -0.25) is 9.69 Å². The molecule has 3 aliphatic rings. The first-order chi connectivity index (χ1) is 13.9. The molecule has 6 heteroatoms. The summed E-state index contributed by atoms with van der Waals surface area (Å²) in [6.45, 7) is 3.95. The van der Waals surface area contributed by atoms with Crippen LogP contribution in [0.15, 0.2) is 30.3 Å². The number of likely N-dealkylation sites (tertiary alicyclic amines) is 1. The van der Waals surface area contributed by atoms with Gasteiger partial charge in [-0.2, -0.15) is 0 Å². The largest absolute Gasteiger partial charge is 0.343 e. The fourth-order valence-electron chi connectivity index (χ4n) is 5.69. The van der Waals surface area contributed by atoms with Gasteiger partial charge < -0.3 is 15.1 Å². The van der Waals surface area contributed by atoms with Gasteiger partial charge in [-0.05, 0) is 58.2 Å². The Morgan fingerprint density at radius 1 is 1.07 bits per heavy atom. The number of carbonyl (C=O) groups excluding carboxylic acids is 2. The van der Waals surface area contributed by atoms with E-state index in [-0.39, 0.29) is 29.1 Å². The standard InChI is InChI=1S/C23H34N4O2/c1-18(28)26-15-9-20(10-16-26)27-17-22(24-21(27)29)11-13-23(14-12-22,25(2)3)19-7-5-4-6-8-19/h4-8,20H,9-17H2,1-3H3,(H,24,29). The zero-order valence-electron chi connectivity index (χ0n) is 18.0. The molecule has 0 aromatic heterocycles. The number of benzene rings is 1. The van der Waals surface area contributed by atoms with E-state index < -0.39 is 0 Å². The summed E-state index contributed by atoms with van der Waals surface area (Å²) in [5.74, 6) is 0.138. The van der Waals surface area contributed by atoms with Crippen LogP contribution in [-0.4, -0.2) is 71.9 Å². The molecule has 6 nitrogen and oxygen atoms in total. The smallest absolute Gasteiger partial charge is 0.318 e. The summed E-state index contributed by atoms with van der Waals surface area (Å²) in [7, 11) is 4.35. The number of rotatable bonds is 3. The lowest BCUT2D eigenvalue weighted by Gasteiger charge is -2.49. The van der Waals surface area contributed by atoms with Crippen LogP contribution in [0.4, 0.5) is 4.79 Å². The van der Waals surface area contributed by atoms with E-state index in [0.29, 0.717) is 0 Å². The average Bonchev–Trinajstić information content (AvgIpc) is 3.05. The van der Waals surface area contributed by atoms with Crippen LogP contribution in [-0.2, 0) is 10.3 Å². The third-order valence-electron chi connectivity index (χ3n) is 7.66. The molecule has 2 heterocycles. The maximum atomic E-state index is 12.9. The van der Waals surface area contributed by atoms with Gasteiger partial charge in [-0.1, -0.05) is 30.3 Å². The highest BCUT2D eigenvalue weighted by Gasteiger charge is 2.51. The Hall–Kier alpha value is -2.08. The van der Waals surface area contributed by atoms with Crippen molar-refractivity contribution in [1.29, 1.82) is 0 Å². The average molecular weight is 399 g/mol. The van der Waals surface area contributed by atoms with Gasteiger partial charge in [0, 0.05) is 38.1 Å². The molecule has 3 amide bonds. The van der Waals surface area contributed by atoms with Crippen LogP contribution in [0.3, 0.4) is 0 Å². The molecule has 1 N–H and O–H groups in total. The lowest BCUT2D eigenvalue weighted by Crippen LogP contribution is -2.54. The van der Waals surface area contributed by atoms with Gasteiger partial charge in [-0.15, -0.1) is 0 Å². The lowest BCUT2D eigenvalue weighted by molar-refractivity contribution is -0.130. The Balaban J connectivity index is 1.44. The molecule has 2 aliphatic heterocycles. The number of hydrogen-bond donors (Lipinski definition) is 1. The quantitative estimate of drug-likeness (QED) is 0.852. The summed E-state index contributed by atoms with van der Waals surface area (Å²) < 4.78 is 0. The molecule has 0 radical (unpaired) electrons. The minimum absolute atomic E-state index is 0.0392. The molecule has 1 aromatic rings. The molecule has 0 bridgehead atoms. The Morgan fingerprint density at radius 3 is 2.24 bits per heavy atom. The van der Waals surface area contributed by atoms with Crippen molar-refractivity contribution in [3.63, 3.8) is 0 Å². The second-order valence-electron chi connectivity index (χ2n) is 9.37. The summed E-state index contributed by atoms with van der Waals surface area (Å²) in [6.07, 6.45) is 5.84. The molecule has 0 atom stereocenters. The number of amides is 3. The summed E-state index contributed by atoms with van der Waals surface area (Å²) in [4.78, 5) is 30.8. The normalized spacial score (nSPS) is 30.8. The third-order valence-corrected chi connectivity index (χ3v) is 7.66. The van der Waals surface area contributed by atoms with Crippen molar-refractivity contribution in [2.45, 2.75) is 62.6 Å². The van der Waals surface area contributed by atoms with Gasteiger partial charge in [-0.25, -0.2) is 4.79 Å². The predicted molar refractivity (Wildman–Crippen MR) is 114 cm³/mol. The number of carbonyl (C=O) groups is 2. The van der Waals surface area contributed by atoms with Gasteiger partial charge in [0.1, 0.15) is 0 Å². The van der Waals surface area contributed by atoms with Gasteiger partial charge >= 0.3 is 6.03 Å². The van der Waals surface area contributed by atoms with E-state index >= 15 is 0 Å².